The Labute approximate surface area is 118 Å². The van der Waals surface area contributed by atoms with Crippen LogP contribution in [-0.2, 0) is 6.54 Å². The molecule has 0 saturated carbocycles. The molecular formula is C17H18FNO. The van der Waals surface area contributed by atoms with Gasteiger partial charge in [0, 0.05) is 18.2 Å². The molecule has 0 aromatic heterocycles. The summed E-state index contributed by atoms with van der Waals surface area (Å²) in [4.78, 5) is 14.3. The van der Waals surface area contributed by atoms with E-state index in [1.165, 1.54) is 24.3 Å². The first-order valence-electron chi connectivity index (χ1n) is 6.68. The fourth-order valence-corrected chi connectivity index (χ4v) is 2.03. The van der Waals surface area contributed by atoms with Crippen molar-refractivity contribution in [3.8, 4) is 0 Å². The standard InChI is InChI=1S/C17H18FNO/c1-13(2)19(12-14-6-4-3-5-7-14)17(20)15-8-10-16(18)11-9-15/h3-11,13H,12H2,1-2H3. The summed E-state index contributed by atoms with van der Waals surface area (Å²) in [5.74, 6) is -0.412. The van der Waals surface area contributed by atoms with Crippen molar-refractivity contribution in [2.45, 2.75) is 26.4 Å². The largest absolute Gasteiger partial charge is 0.332 e. The lowest BCUT2D eigenvalue weighted by Gasteiger charge is -2.27. The molecule has 2 aromatic carbocycles. The van der Waals surface area contributed by atoms with Crippen molar-refractivity contribution >= 4 is 5.91 Å². The summed E-state index contributed by atoms with van der Waals surface area (Å²) in [7, 11) is 0. The van der Waals surface area contributed by atoms with Crippen LogP contribution < -0.4 is 0 Å². The second-order valence-corrected chi connectivity index (χ2v) is 5.02. The molecular weight excluding hydrogens is 253 g/mol. The molecule has 0 radical (unpaired) electrons. The van der Waals surface area contributed by atoms with Crippen LogP contribution in [0.5, 0.6) is 0 Å². The van der Waals surface area contributed by atoms with Gasteiger partial charge in [0.25, 0.3) is 5.91 Å². The van der Waals surface area contributed by atoms with Crippen LogP contribution in [0.2, 0.25) is 0 Å². The molecule has 20 heavy (non-hydrogen) atoms. The van der Waals surface area contributed by atoms with Gasteiger partial charge in [0.1, 0.15) is 5.82 Å². The van der Waals surface area contributed by atoms with Gasteiger partial charge in [0.15, 0.2) is 0 Å². The minimum atomic E-state index is -0.333. The van der Waals surface area contributed by atoms with Gasteiger partial charge in [-0.1, -0.05) is 30.3 Å². The molecule has 0 aliphatic carbocycles. The number of carbonyl (C=O) groups is 1. The monoisotopic (exact) mass is 271 g/mol. The number of hydrogen-bond acceptors (Lipinski definition) is 1. The van der Waals surface area contributed by atoms with Crippen molar-refractivity contribution < 1.29 is 9.18 Å². The molecule has 0 bridgehead atoms. The van der Waals surface area contributed by atoms with E-state index in [0.717, 1.165) is 5.56 Å². The van der Waals surface area contributed by atoms with Crippen molar-refractivity contribution in [1.29, 1.82) is 0 Å². The molecule has 104 valence electrons. The average Bonchev–Trinajstić information content (AvgIpc) is 2.45. The molecule has 0 aliphatic heterocycles. The maximum atomic E-state index is 12.9. The minimum Gasteiger partial charge on any atom is -0.332 e. The Bertz CT molecular complexity index is 563. The molecule has 0 aliphatic rings. The Morgan fingerprint density at radius 1 is 1.05 bits per heavy atom. The third-order valence-corrected chi connectivity index (χ3v) is 3.17. The van der Waals surface area contributed by atoms with Gasteiger partial charge in [-0.2, -0.15) is 0 Å². The third kappa shape index (κ3) is 3.44. The Hall–Kier alpha value is -2.16. The van der Waals surface area contributed by atoms with Gasteiger partial charge < -0.3 is 4.90 Å². The Morgan fingerprint density at radius 3 is 2.20 bits per heavy atom. The normalized spacial score (nSPS) is 10.6. The van der Waals surface area contributed by atoms with Crippen molar-refractivity contribution in [3.63, 3.8) is 0 Å². The Kier molecular flexibility index (Phi) is 4.51. The second-order valence-electron chi connectivity index (χ2n) is 5.02. The van der Waals surface area contributed by atoms with Crippen LogP contribution in [0.1, 0.15) is 29.8 Å². The van der Waals surface area contributed by atoms with E-state index in [-0.39, 0.29) is 17.8 Å². The number of amides is 1. The number of rotatable bonds is 4. The van der Waals surface area contributed by atoms with Crippen LogP contribution in [0.25, 0.3) is 0 Å². The molecule has 0 atom stereocenters. The summed E-state index contributed by atoms with van der Waals surface area (Å²) in [6.07, 6.45) is 0. The van der Waals surface area contributed by atoms with Gasteiger partial charge in [0.05, 0.1) is 0 Å². The van der Waals surface area contributed by atoms with E-state index >= 15 is 0 Å². The maximum absolute atomic E-state index is 12.9. The highest BCUT2D eigenvalue weighted by Crippen LogP contribution is 2.13. The first-order valence-corrected chi connectivity index (χ1v) is 6.68. The zero-order valence-electron chi connectivity index (χ0n) is 11.7. The lowest BCUT2D eigenvalue weighted by molar-refractivity contribution is 0.0690. The Morgan fingerprint density at radius 2 is 1.65 bits per heavy atom. The number of benzene rings is 2. The maximum Gasteiger partial charge on any atom is 0.254 e. The number of hydrogen-bond donors (Lipinski definition) is 0. The van der Waals surface area contributed by atoms with Gasteiger partial charge in [-0.15, -0.1) is 0 Å². The van der Waals surface area contributed by atoms with E-state index < -0.39 is 0 Å². The highest BCUT2D eigenvalue weighted by atomic mass is 19.1. The molecule has 0 unspecified atom stereocenters. The predicted octanol–water partition coefficient (Wildman–Crippen LogP) is 3.88. The molecule has 2 rings (SSSR count). The predicted molar refractivity (Wildman–Crippen MR) is 77.9 cm³/mol. The molecule has 0 heterocycles. The van der Waals surface area contributed by atoms with E-state index in [1.54, 1.807) is 4.90 Å². The van der Waals surface area contributed by atoms with E-state index in [9.17, 15) is 9.18 Å². The van der Waals surface area contributed by atoms with Crippen LogP contribution in [0.15, 0.2) is 54.6 Å². The first-order chi connectivity index (χ1) is 9.58. The lowest BCUT2D eigenvalue weighted by atomic mass is 10.1. The molecule has 0 saturated heterocycles. The fourth-order valence-electron chi connectivity index (χ4n) is 2.03. The van der Waals surface area contributed by atoms with Gasteiger partial charge in [0.2, 0.25) is 0 Å². The van der Waals surface area contributed by atoms with Crippen LogP contribution >= 0.6 is 0 Å². The average molecular weight is 271 g/mol. The smallest absolute Gasteiger partial charge is 0.254 e. The molecule has 2 nitrogen and oxygen atoms in total. The fraction of sp³-hybridized carbons (Fsp3) is 0.235. The number of carbonyl (C=O) groups excluding carboxylic acids is 1. The summed E-state index contributed by atoms with van der Waals surface area (Å²) in [5, 5.41) is 0. The lowest BCUT2D eigenvalue weighted by Crippen LogP contribution is -2.36. The molecule has 0 N–H and O–H groups in total. The number of halogens is 1. The summed E-state index contributed by atoms with van der Waals surface area (Å²) >= 11 is 0. The van der Waals surface area contributed by atoms with Gasteiger partial charge in [-0.05, 0) is 43.7 Å². The zero-order chi connectivity index (χ0) is 14.5. The van der Waals surface area contributed by atoms with Crippen LogP contribution in [-0.4, -0.2) is 16.8 Å². The first kappa shape index (κ1) is 14.3. The summed E-state index contributed by atoms with van der Waals surface area (Å²) in [5.41, 5.74) is 1.59. The van der Waals surface area contributed by atoms with Crippen LogP contribution in [0.3, 0.4) is 0 Å². The Balaban J connectivity index is 2.20. The molecule has 0 spiro atoms. The molecule has 1 amide bonds. The summed E-state index contributed by atoms with van der Waals surface area (Å²) < 4.78 is 12.9. The van der Waals surface area contributed by atoms with Gasteiger partial charge in [-0.3, -0.25) is 4.79 Å². The highest BCUT2D eigenvalue weighted by Gasteiger charge is 2.18. The highest BCUT2D eigenvalue weighted by molar-refractivity contribution is 5.94. The van der Waals surface area contributed by atoms with Crippen molar-refractivity contribution in [2.24, 2.45) is 0 Å². The minimum absolute atomic E-state index is 0.0766. The van der Waals surface area contributed by atoms with E-state index in [2.05, 4.69) is 0 Å². The second kappa shape index (κ2) is 6.33. The van der Waals surface area contributed by atoms with Crippen LogP contribution in [0.4, 0.5) is 4.39 Å². The molecule has 3 heteroatoms. The number of nitrogens with zero attached hydrogens (tertiary/aromatic N) is 1. The van der Waals surface area contributed by atoms with Crippen molar-refractivity contribution in [1.82, 2.24) is 4.90 Å². The summed E-state index contributed by atoms with van der Waals surface area (Å²) in [6, 6.07) is 15.6. The van der Waals surface area contributed by atoms with Gasteiger partial charge in [-0.25, -0.2) is 4.39 Å². The zero-order valence-corrected chi connectivity index (χ0v) is 11.7. The third-order valence-electron chi connectivity index (χ3n) is 3.17. The van der Waals surface area contributed by atoms with Crippen LogP contribution in [0, 0.1) is 5.82 Å². The van der Waals surface area contributed by atoms with E-state index in [4.69, 9.17) is 0 Å². The van der Waals surface area contributed by atoms with Gasteiger partial charge >= 0.3 is 0 Å². The van der Waals surface area contributed by atoms with Crippen molar-refractivity contribution in [2.75, 3.05) is 0 Å². The van der Waals surface area contributed by atoms with Crippen molar-refractivity contribution in [3.05, 3.63) is 71.5 Å². The van der Waals surface area contributed by atoms with E-state index in [1.807, 2.05) is 44.2 Å². The quantitative estimate of drug-likeness (QED) is 0.826. The topological polar surface area (TPSA) is 20.3 Å². The summed E-state index contributed by atoms with van der Waals surface area (Å²) in [6.45, 7) is 4.50. The molecule has 0 fully saturated rings. The SMILES string of the molecule is CC(C)N(Cc1ccccc1)C(=O)c1ccc(F)cc1. The molecule has 2 aromatic rings. The van der Waals surface area contributed by atoms with E-state index in [0.29, 0.717) is 12.1 Å².